The summed E-state index contributed by atoms with van der Waals surface area (Å²) in [6.07, 6.45) is 6.11. The Balaban J connectivity index is 1.26. The second-order valence-corrected chi connectivity index (χ2v) is 7.96. The van der Waals surface area contributed by atoms with Crippen LogP contribution in [0.15, 0.2) is 35.1 Å². The van der Waals surface area contributed by atoms with Crippen molar-refractivity contribution in [3.05, 3.63) is 47.6 Å². The van der Waals surface area contributed by atoms with Crippen molar-refractivity contribution in [1.29, 1.82) is 0 Å². The second-order valence-electron chi connectivity index (χ2n) is 7.96. The third-order valence-corrected chi connectivity index (χ3v) is 5.79. The van der Waals surface area contributed by atoms with E-state index >= 15 is 0 Å². The van der Waals surface area contributed by atoms with Gasteiger partial charge in [-0.1, -0.05) is 11.2 Å². The predicted molar refractivity (Wildman–Crippen MR) is 98.5 cm³/mol. The van der Waals surface area contributed by atoms with Gasteiger partial charge < -0.3 is 9.26 Å². The van der Waals surface area contributed by atoms with Crippen molar-refractivity contribution >= 4 is 0 Å². The lowest BCUT2D eigenvalue weighted by Gasteiger charge is -2.58. The van der Waals surface area contributed by atoms with Crippen LogP contribution in [0.3, 0.4) is 0 Å². The molecule has 140 valence electrons. The topological polar surface area (TPSA) is 54.6 Å². The minimum atomic E-state index is 0.305. The molecule has 0 amide bonds. The molecule has 26 heavy (non-hydrogen) atoms. The molecule has 1 spiro atoms. The van der Waals surface area contributed by atoms with Crippen LogP contribution in [0.2, 0.25) is 0 Å². The van der Waals surface area contributed by atoms with E-state index in [2.05, 4.69) is 33.1 Å². The van der Waals surface area contributed by atoms with Gasteiger partial charge in [-0.05, 0) is 50.9 Å². The number of aryl methyl sites for hydroxylation is 1. The lowest BCUT2D eigenvalue weighted by molar-refractivity contribution is -0.0941. The molecule has 0 bridgehead atoms. The first-order valence-corrected chi connectivity index (χ1v) is 9.45. The van der Waals surface area contributed by atoms with Crippen molar-refractivity contribution in [3.8, 4) is 0 Å². The van der Waals surface area contributed by atoms with E-state index in [0.29, 0.717) is 18.1 Å². The van der Waals surface area contributed by atoms with Gasteiger partial charge in [0.25, 0.3) is 0 Å². The van der Waals surface area contributed by atoms with E-state index in [1.54, 1.807) is 6.20 Å². The number of likely N-dealkylation sites (N-methyl/N-ethyl adjacent to an activating group) is 1. The van der Waals surface area contributed by atoms with E-state index in [4.69, 9.17) is 9.26 Å². The Labute approximate surface area is 155 Å². The van der Waals surface area contributed by atoms with Crippen LogP contribution < -0.4 is 0 Å². The number of aromatic nitrogens is 2. The van der Waals surface area contributed by atoms with E-state index in [9.17, 15) is 0 Å². The first-order valence-electron chi connectivity index (χ1n) is 9.45. The number of ether oxygens (including phenoxy) is 1. The highest BCUT2D eigenvalue weighted by molar-refractivity contribution is 5.10. The van der Waals surface area contributed by atoms with Crippen LogP contribution in [0.4, 0.5) is 0 Å². The summed E-state index contributed by atoms with van der Waals surface area (Å²) in [5.41, 5.74) is 2.49. The molecule has 2 aromatic heterocycles. The number of hydrogen-bond donors (Lipinski definition) is 0. The van der Waals surface area contributed by atoms with Crippen molar-refractivity contribution in [2.75, 3.05) is 33.3 Å². The monoisotopic (exact) mass is 356 g/mol. The van der Waals surface area contributed by atoms with Gasteiger partial charge >= 0.3 is 0 Å². The van der Waals surface area contributed by atoms with Crippen molar-refractivity contribution in [1.82, 2.24) is 19.9 Å². The molecule has 2 aromatic rings. The fourth-order valence-electron chi connectivity index (χ4n) is 4.37. The van der Waals surface area contributed by atoms with Gasteiger partial charge in [0.15, 0.2) is 0 Å². The van der Waals surface area contributed by atoms with Crippen molar-refractivity contribution in [2.24, 2.45) is 5.92 Å². The Bertz CT molecular complexity index is 712. The van der Waals surface area contributed by atoms with Gasteiger partial charge in [0, 0.05) is 50.2 Å². The molecule has 2 aliphatic heterocycles. The van der Waals surface area contributed by atoms with Crippen LogP contribution in [0, 0.1) is 12.8 Å². The van der Waals surface area contributed by atoms with Crippen LogP contribution >= 0.6 is 0 Å². The Morgan fingerprint density at radius 1 is 1.38 bits per heavy atom. The van der Waals surface area contributed by atoms with Gasteiger partial charge in [0.2, 0.25) is 0 Å². The van der Waals surface area contributed by atoms with Gasteiger partial charge in [0.1, 0.15) is 5.76 Å². The summed E-state index contributed by atoms with van der Waals surface area (Å²) in [6, 6.07) is 6.06. The van der Waals surface area contributed by atoms with E-state index in [-0.39, 0.29) is 0 Å². The summed E-state index contributed by atoms with van der Waals surface area (Å²) < 4.78 is 11.2. The van der Waals surface area contributed by atoms with Crippen LogP contribution in [0.5, 0.6) is 0 Å². The predicted octanol–water partition coefficient (Wildman–Crippen LogP) is 2.49. The smallest absolute Gasteiger partial charge is 0.133 e. The molecule has 6 heteroatoms. The molecule has 2 aliphatic rings. The average molecular weight is 356 g/mol. The SMILES string of the molecule is Cc1cc(CN2CC3(C[C@@H](COCc4cccnc4)CCN3C)C2)no1. The van der Waals surface area contributed by atoms with Crippen molar-refractivity contribution in [3.63, 3.8) is 0 Å². The number of piperidine rings is 1. The fraction of sp³-hybridized carbons (Fsp3) is 0.600. The third kappa shape index (κ3) is 3.82. The number of nitrogens with zero attached hydrogens (tertiary/aromatic N) is 4. The summed E-state index contributed by atoms with van der Waals surface area (Å²) in [7, 11) is 2.27. The van der Waals surface area contributed by atoms with Crippen LogP contribution in [-0.2, 0) is 17.9 Å². The zero-order valence-electron chi connectivity index (χ0n) is 15.7. The second kappa shape index (κ2) is 7.47. The molecule has 6 nitrogen and oxygen atoms in total. The van der Waals surface area contributed by atoms with Crippen molar-refractivity contribution in [2.45, 2.75) is 38.5 Å². The van der Waals surface area contributed by atoms with Gasteiger partial charge in [-0.3, -0.25) is 14.8 Å². The summed E-state index contributed by atoms with van der Waals surface area (Å²) in [5, 5.41) is 4.12. The van der Waals surface area contributed by atoms with Gasteiger partial charge in [0.05, 0.1) is 12.3 Å². The largest absolute Gasteiger partial charge is 0.376 e. The van der Waals surface area contributed by atoms with Gasteiger partial charge in [-0.15, -0.1) is 0 Å². The minimum Gasteiger partial charge on any atom is -0.376 e. The Morgan fingerprint density at radius 2 is 2.27 bits per heavy atom. The maximum atomic E-state index is 5.99. The summed E-state index contributed by atoms with van der Waals surface area (Å²) in [6.45, 7) is 7.69. The molecule has 0 N–H and O–H groups in total. The highest BCUT2D eigenvalue weighted by atomic mass is 16.5. The standard InChI is InChI=1S/C20H28N4O2/c1-16-8-19(22-26-16)11-24-14-20(15-24)9-17(5-7-23(20)2)12-25-13-18-4-3-6-21-10-18/h3-4,6,8,10,17H,5,7,9,11-15H2,1-2H3/t17-/m0/s1. The summed E-state index contributed by atoms with van der Waals surface area (Å²) in [4.78, 5) is 9.16. The van der Waals surface area contributed by atoms with E-state index in [1.807, 2.05) is 25.3 Å². The zero-order valence-corrected chi connectivity index (χ0v) is 15.7. The Morgan fingerprint density at radius 3 is 3.00 bits per heavy atom. The highest BCUT2D eigenvalue weighted by Crippen LogP contribution is 2.38. The molecule has 2 saturated heterocycles. The van der Waals surface area contributed by atoms with Crippen LogP contribution in [0.1, 0.15) is 29.9 Å². The molecule has 2 fully saturated rings. The molecule has 0 saturated carbocycles. The normalized spacial score (nSPS) is 23.2. The Hall–Kier alpha value is -1.76. The molecule has 4 rings (SSSR count). The summed E-state index contributed by atoms with van der Waals surface area (Å²) in [5.74, 6) is 1.52. The number of rotatable bonds is 6. The lowest BCUT2D eigenvalue weighted by atomic mass is 9.75. The molecule has 0 unspecified atom stereocenters. The van der Waals surface area contributed by atoms with E-state index < -0.39 is 0 Å². The van der Waals surface area contributed by atoms with E-state index in [1.165, 1.54) is 12.8 Å². The molecule has 1 atom stereocenters. The third-order valence-electron chi connectivity index (χ3n) is 5.79. The number of hydrogen-bond acceptors (Lipinski definition) is 6. The molecular formula is C20H28N4O2. The molecule has 4 heterocycles. The van der Waals surface area contributed by atoms with Gasteiger partial charge in [-0.25, -0.2) is 0 Å². The average Bonchev–Trinajstić information content (AvgIpc) is 3.02. The lowest BCUT2D eigenvalue weighted by Crippen LogP contribution is -2.71. The quantitative estimate of drug-likeness (QED) is 0.793. The number of likely N-dealkylation sites (tertiary alicyclic amines) is 2. The zero-order chi connectivity index (χ0) is 18.0. The van der Waals surface area contributed by atoms with Gasteiger partial charge in [-0.2, -0.15) is 0 Å². The molecule has 0 aliphatic carbocycles. The molecule has 0 aromatic carbocycles. The minimum absolute atomic E-state index is 0.305. The first-order chi connectivity index (χ1) is 12.6. The fourth-order valence-corrected chi connectivity index (χ4v) is 4.37. The highest BCUT2D eigenvalue weighted by Gasteiger charge is 2.49. The van der Waals surface area contributed by atoms with Crippen molar-refractivity contribution < 1.29 is 9.26 Å². The first kappa shape index (κ1) is 17.6. The van der Waals surface area contributed by atoms with Crippen LogP contribution in [-0.4, -0.2) is 58.8 Å². The summed E-state index contributed by atoms with van der Waals surface area (Å²) >= 11 is 0. The molecular weight excluding hydrogens is 328 g/mol. The maximum Gasteiger partial charge on any atom is 0.133 e. The number of pyridine rings is 1. The maximum absolute atomic E-state index is 5.99. The molecule has 0 radical (unpaired) electrons. The Kier molecular flexibility index (Phi) is 5.07. The van der Waals surface area contributed by atoms with Crippen LogP contribution in [0.25, 0.3) is 0 Å². The van der Waals surface area contributed by atoms with E-state index in [0.717, 1.165) is 49.8 Å².